The second-order valence-corrected chi connectivity index (χ2v) is 11.8. The van der Waals surface area contributed by atoms with Crippen LogP contribution in [-0.2, 0) is 15.6 Å². The van der Waals surface area contributed by atoms with Crippen molar-refractivity contribution < 1.29 is 9.37 Å². The topological polar surface area (TPSA) is 84.1 Å². The first-order valence-electron chi connectivity index (χ1n) is 14.6. The van der Waals surface area contributed by atoms with Gasteiger partial charge in [-0.3, -0.25) is 4.79 Å². The molecule has 2 aromatic rings. The van der Waals surface area contributed by atoms with Gasteiger partial charge in [0.05, 0.1) is 5.41 Å². The van der Waals surface area contributed by atoms with E-state index in [0.29, 0.717) is 13.0 Å². The van der Waals surface area contributed by atoms with Gasteiger partial charge >= 0.3 is 0 Å². The molecule has 0 unspecified atom stereocenters. The van der Waals surface area contributed by atoms with Gasteiger partial charge in [-0.05, 0) is 49.9 Å². The van der Waals surface area contributed by atoms with Crippen molar-refractivity contribution in [1.29, 1.82) is 0 Å². The minimum Gasteiger partial charge on any atom is -0.356 e. The van der Waals surface area contributed by atoms with E-state index in [9.17, 15) is 4.79 Å². The number of para-hydroxylation sites is 2. The van der Waals surface area contributed by atoms with Gasteiger partial charge in [0.25, 0.3) is 0 Å². The summed E-state index contributed by atoms with van der Waals surface area (Å²) in [5, 5.41) is 6.25. The molecular formula is C34H43N6O+. The Labute approximate surface area is 244 Å². The predicted molar refractivity (Wildman–Crippen MR) is 169 cm³/mol. The van der Waals surface area contributed by atoms with Crippen molar-refractivity contribution >= 4 is 23.0 Å². The molecule has 0 bridgehead atoms. The lowest BCUT2D eigenvalue weighted by atomic mass is 9.81. The number of anilines is 1. The second kappa shape index (κ2) is 13.0. The van der Waals surface area contributed by atoms with Gasteiger partial charge in [0, 0.05) is 65.5 Å². The van der Waals surface area contributed by atoms with Crippen molar-refractivity contribution in [3.63, 3.8) is 0 Å². The van der Waals surface area contributed by atoms with E-state index >= 15 is 0 Å². The zero-order valence-electron chi connectivity index (χ0n) is 25.1. The van der Waals surface area contributed by atoms with Crippen LogP contribution in [0.5, 0.6) is 0 Å². The monoisotopic (exact) mass is 551 g/mol. The van der Waals surface area contributed by atoms with Gasteiger partial charge in [-0.15, -0.1) is 0 Å². The summed E-state index contributed by atoms with van der Waals surface area (Å²) in [5.41, 5.74) is 16.0. The van der Waals surface area contributed by atoms with Crippen LogP contribution < -0.4 is 10.2 Å². The number of hydrogen-bond acceptors (Lipinski definition) is 3. The molecule has 2 aliphatic heterocycles. The van der Waals surface area contributed by atoms with Crippen LogP contribution in [0.4, 0.5) is 11.4 Å². The molecule has 0 saturated heterocycles. The van der Waals surface area contributed by atoms with E-state index in [-0.39, 0.29) is 23.3 Å². The maximum atomic E-state index is 12.0. The number of azide groups is 1. The van der Waals surface area contributed by atoms with Crippen molar-refractivity contribution in [2.45, 2.75) is 64.2 Å². The number of unbranched alkanes of at least 4 members (excludes halogenated alkanes) is 2. The van der Waals surface area contributed by atoms with Crippen LogP contribution in [0, 0.1) is 0 Å². The molecule has 4 rings (SSSR count). The lowest BCUT2D eigenvalue weighted by molar-refractivity contribution is -0.401. The molecule has 1 amide bonds. The number of benzene rings is 2. The SMILES string of the molecule is C[N+]1=C(/C=C/C=CC=C2N(CCCCCC(=O)NCCN=[N+]=[N-])c3ccccc3C2(C)C)C(C)(C)c2ccccc21. The number of fused-ring (bicyclic) bond motifs is 2. The fraction of sp³-hybridized carbons (Fsp3) is 0.412. The summed E-state index contributed by atoms with van der Waals surface area (Å²) in [6.45, 7) is 10.7. The van der Waals surface area contributed by atoms with Crippen LogP contribution in [0.25, 0.3) is 10.4 Å². The largest absolute Gasteiger partial charge is 0.356 e. The molecule has 2 aromatic carbocycles. The highest BCUT2D eigenvalue weighted by Crippen LogP contribution is 2.47. The van der Waals surface area contributed by atoms with E-state index in [1.807, 2.05) is 0 Å². The molecular weight excluding hydrogens is 508 g/mol. The second-order valence-electron chi connectivity index (χ2n) is 11.8. The van der Waals surface area contributed by atoms with Gasteiger partial charge in [-0.2, -0.15) is 4.58 Å². The Morgan fingerprint density at radius 2 is 1.71 bits per heavy atom. The third kappa shape index (κ3) is 6.47. The van der Waals surface area contributed by atoms with Crippen molar-refractivity contribution in [2.75, 3.05) is 31.6 Å². The first-order chi connectivity index (χ1) is 19.7. The zero-order chi connectivity index (χ0) is 29.5. The first-order valence-corrected chi connectivity index (χ1v) is 14.6. The van der Waals surface area contributed by atoms with Gasteiger partial charge in [0.2, 0.25) is 11.6 Å². The van der Waals surface area contributed by atoms with Crippen molar-refractivity contribution in [2.24, 2.45) is 5.11 Å². The Hall–Kier alpha value is -4.09. The molecule has 0 saturated carbocycles. The summed E-state index contributed by atoms with van der Waals surface area (Å²) in [4.78, 5) is 17.2. The lowest BCUT2D eigenvalue weighted by Gasteiger charge is -2.27. The summed E-state index contributed by atoms with van der Waals surface area (Å²) >= 11 is 0. The Morgan fingerprint density at radius 3 is 2.46 bits per heavy atom. The average molecular weight is 552 g/mol. The molecule has 41 heavy (non-hydrogen) atoms. The molecule has 0 aliphatic carbocycles. The molecule has 1 N–H and O–H groups in total. The maximum absolute atomic E-state index is 12.0. The van der Waals surface area contributed by atoms with Gasteiger partial charge in [-0.25, -0.2) is 0 Å². The molecule has 0 fully saturated rings. The summed E-state index contributed by atoms with van der Waals surface area (Å²) < 4.78 is 2.30. The highest BCUT2D eigenvalue weighted by molar-refractivity contribution is 6.03. The number of hydrogen-bond donors (Lipinski definition) is 1. The normalized spacial score (nSPS) is 17.8. The van der Waals surface area contributed by atoms with Crippen LogP contribution in [-0.4, -0.2) is 42.9 Å². The highest BCUT2D eigenvalue weighted by atomic mass is 16.1. The van der Waals surface area contributed by atoms with Crippen molar-refractivity contribution in [1.82, 2.24) is 5.32 Å². The quantitative estimate of drug-likeness (QED) is 0.0741. The van der Waals surface area contributed by atoms with E-state index in [4.69, 9.17) is 5.53 Å². The number of carbonyl (C=O) groups excluding carboxylic acids is 1. The van der Waals surface area contributed by atoms with Gasteiger partial charge in [0.1, 0.15) is 7.05 Å². The number of allylic oxidation sites excluding steroid dienone is 6. The summed E-state index contributed by atoms with van der Waals surface area (Å²) in [7, 11) is 2.15. The van der Waals surface area contributed by atoms with E-state index in [0.717, 1.165) is 25.8 Å². The third-order valence-electron chi connectivity index (χ3n) is 8.35. The van der Waals surface area contributed by atoms with Crippen LogP contribution in [0.1, 0.15) is 64.5 Å². The van der Waals surface area contributed by atoms with Crippen LogP contribution in [0.15, 0.2) is 89.7 Å². The Kier molecular flexibility index (Phi) is 9.51. The summed E-state index contributed by atoms with van der Waals surface area (Å²) in [6.07, 6.45) is 14.2. The number of carbonyl (C=O) groups is 1. The molecule has 214 valence electrons. The molecule has 7 heteroatoms. The lowest BCUT2D eigenvalue weighted by Crippen LogP contribution is -2.27. The Bertz CT molecular complexity index is 1440. The number of rotatable bonds is 12. The number of amides is 1. The summed E-state index contributed by atoms with van der Waals surface area (Å²) in [5.74, 6) is 0.0128. The number of nitrogens with one attached hydrogen (secondary N) is 1. The molecule has 0 spiro atoms. The Balaban J connectivity index is 1.41. The van der Waals surface area contributed by atoms with Gasteiger partial charge in [-0.1, -0.05) is 80.0 Å². The molecule has 0 atom stereocenters. The molecule has 2 aliphatic rings. The molecule has 0 aromatic heterocycles. The smallest absolute Gasteiger partial charge is 0.219 e. The van der Waals surface area contributed by atoms with E-state index in [1.165, 1.54) is 33.9 Å². The molecule has 7 nitrogen and oxygen atoms in total. The fourth-order valence-electron chi connectivity index (χ4n) is 6.15. The number of nitrogens with zero attached hydrogens (tertiary/aromatic N) is 5. The highest BCUT2D eigenvalue weighted by Gasteiger charge is 2.42. The van der Waals surface area contributed by atoms with Crippen LogP contribution >= 0.6 is 0 Å². The average Bonchev–Trinajstić information content (AvgIpc) is 3.29. The minimum absolute atomic E-state index is 0.0128. The summed E-state index contributed by atoms with van der Waals surface area (Å²) in [6, 6.07) is 17.3. The first kappa shape index (κ1) is 29.9. The molecule has 2 heterocycles. The van der Waals surface area contributed by atoms with Crippen molar-refractivity contribution in [3.8, 4) is 0 Å². The molecule has 0 radical (unpaired) electrons. The van der Waals surface area contributed by atoms with Crippen LogP contribution in [0.3, 0.4) is 0 Å². The Morgan fingerprint density at radius 1 is 0.976 bits per heavy atom. The van der Waals surface area contributed by atoms with Crippen molar-refractivity contribution in [3.05, 3.63) is 106 Å². The zero-order valence-corrected chi connectivity index (χ0v) is 25.1. The van der Waals surface area contributed by atoms with E-state index in [1.54, 1.807) is 0 Å². The van der Waals surface area contributed by atoms with Gasteiger partial charge in [0.15, 0.2) is 5.71 Å². The van der Waals surface area contributed by atoms with E-state index < -0.39 is 0 Å². The predicted octanol–water partition coefficient (Wildman–Crippen LogP) is 7.47. The van der Waals surface area contributed by atoms with Gasteiger partial charge < -0.3 is 10.2 Å². The minimum atomic E-state index is -0.0967. The van der Waals surface area contributed by atoms with E-state index in [2.05, 4.69) is 138 Å². The third-order valence-corrected chi connectivity index (χ3v) is 8.35. The standard InChI is InChI=1S/C34H42N6O/c1-33(2)26-16-11-13-18-28(26)39(5)30(33)20-8-6-9-21-31-34(3,4)27-17-12-14-19-29(27)40(31)25-15-7-10-22-32(41)36-23-24-37-38-35/h6,8-9,11-14,16-21H,7,10,15,22-25H2,1-5H3/p+1. The maximum Gasteiger partial charge on any atom is 0.219 e. The van der Waals surface area contributed by atoms with Crippen LogP contribution in [0.2, 0.25) is 0 Å². The fourth-order valence-corrected chi connectivity index (χ4v) is 6.15.